The van der Waals surface area contributed by atoms with Gasteiger partial charge in [0.2, 0.25) is 10.7 Å². The summed E-state index contributed by atoms with van der Waals surface area (Å²) in [6.07, 6.45) is -0.197. The predicted octanol–water partition coefficient (Wildman–Crippen LogP) is 0.500. The first-order valence-electron chi connectivity index (χ1n) is 8.82. The second-order valence-corrected chi connectivity index (χ2v) is 10.6. The van der Waals surface area contributed by atoms with Gasteiger partial charge in [-0.25, -0.2) is 9.78 Å². The molecule has 0 aromatic carbocycles. The number of aliphatic carboxylic acids is 1. The number of carboxylic acids is 1. The molecule has 0 aliphatic carbocycles. The van der Waals surface area contributed by atoms with Crippen LogP contribution in [-0.2, 0) is 20.8 Å². The molecule has 2 atom stereocenters. The van der Waals surface area contributed by atoms with Crippen LogP contribution in [0, 0.1) is 12.3 Å². The average Bonchev–Trinajstić information content (AvgIpc) is 3.29. The van der Waals surface area contributed by atoms with Crippen LogP contribution in [0.2, 0.25) is 0 Å². The molecular formula is C16H16N6O5S4. The third kappa shape index (κ3) is 4.22. The number of fused-ring (bicyclic) bond motifs is 1. The van der Waals surface area contributed by atoms with Crippen LogP contribution in [0.1, 0.15) is 11.5 Å². The lowest BCUT2D eigenvalue weighted by molar-refractivity contribution is -0.150. The molecule has 4 N–H and O–H groups in total. The molecule has 2 aliphatic heterocycles. The van der Waals surface area contributed by atoms with Gasteiger partial charge in [0.15, 0.2) is 4.34 Å². The van der Waals surface area contributed by atoms with E-state index in [1.807, 2.05) is 0 Å². The van der Waals surface area contributed by atoms with Crippen molar-refractivity contribution in [3.8, 4) is 0 Å². The number of nitrogens with one attached hydrogen (secondary N) is 2. The number of amides is 2. The fourth-order valence-electron chi connectivity index (χ4n) is 3.14. The van der Waals surface area contributed by atoms with Crippen molar-refractivity contribution in [2.75, 3.05) is 11.5 Å². The Kier molecular flexibility index (Phi) is 6.09. The molecule has 2 aromatic heterocycles. The highest BCUT2D eigenvalue weighted by atomic mass is 32.2. The molecule has 2 aromatic rings. The molecule has 2 aliphatic rings. The number of nitrogens with zero attached hydrogens (tertiary/aromatic N) is 4. The van der Waals surface area contributed by atoms with E-state index in [4.69, 9.17) is 5.41 Å². The maximum atomic E-state index is 12.7. The molecule has 15 heteroatoms. The summed E-state index contributed by atoms with van der Waals surface area (Å²) in [5.74, 6) is -0.719. The van der Waals surface area contributed by atoms with Gasteiger partial charge in [-0.15, -0.1) is 23.1 Å². The van der Waals surface area contributed by atoms with Gasteiger partial charge in [0.25, 0.3) is 5.91 Å². The molecule has 1 unspecified atom stereocenters. The van der Waals surface area contributed by atoms with Crippen molar-refractivity contribution in [3.05, 3.63) is 33.0 Å². The van der Waals surface area contributed by atoms with Gasteiger partial charge in [-0.05, 0) is 24.0 Å². The molecule has 4 heterocycles. The zero-order chi connectivity index (χ0) is 22.3. The lowest BCUT2D eigenvalue weighted by atomic mass is 10.0. The minimum atomic E-state index is -1.19. The van der Waals surface area contributed by atoms with E-state index < -0.39 is 29.2 Å². The summed E-state index contributed by atoms with van der Waals surface area (Å²) in [4.78, 5) is 42.3. The average molecular weight is 501 g/mol. The van der Waals surface area contributed by atoms with E-state index >= 15 is 0 Å². The largest absolute Gasteiger partial charge is 0.477 e. The topological polar surface area (TPSA) is 162 Å². The van der Waals surface area contributed by atoms with Crippen LogP contribution in [-0.4, -0.2) is 70.0 Å². The zero-order valence-corrected chi connectivity index (χ0v) is 19.2. The lowest BCUT2D eigenvalue weighted by Crippen LogP contribution is -2.70. The summed E-state index contributed by atoms with van der Waals surface area (Å²) >= 11 is 4.98. The monoisotopic (exact) mass is 500 g/mol. The Hall–Kier alpha value is -2.36. The van der Waals surface area contributed by atoms with Crippen LogP contribution in [0.15, 0.2) is 21.0 Å². The van der Waals surface area contributed by atoms with Gasteiger partial charge in [-0.2, -0.15) is 9.10 Å². The number of thioether (sulfide) groups is 2. The van der Waals surface area contributed by atoms with Crippen LogP contribution in [0.25, 0.3) is 0 Å². The maximum Gasteiger partial charge on any atom is 0.352 e. The standard InChI is InChI=1S/C16H16N6O5S4/c1-6-18-16(31-20-6)30-4-7-3-28-13-10(12(24)21(13)11(7)14(25)26)19-9(23)2-8-5-29-15(17)22(8)27/h5,10,13,17,27H,2-4H2,1H3,(H,19,23)(H,25,26)/t10?,13-/m1/s1. The normalized spacial score (nSPS) is 20.4. The number of carbonyl (C=O) groups excluding carboxylic acids is 2. The van der Waals surface area contributed by atoms with E-state index in [2.05, 4.69) is 14.7 Å². The number of hydrogen-bond donors (Lipinski definition) is 4. The Morgan fingerprint density at radius 3 is 2.84 bits per heavy atom. The molecule has 31 heavy (non-hydrogen) atoms. The van der Waals surface area contributed by atoms with Gasteiger partial charge in [-0.3, -0.25) is 19.9 Å². The lowest BCUT2D eigenvalue weighted by Gasteiger charge is -2.49. The number of aryl methyl sites for hydroxylation is 1. The number of β-lactam (4-membered cyclic amide) rings is 1. The van der Waals surface area contributed by atoms with Crippen LogP contribution in [0.5, 0.6) is 0 Å². The van der Waals surface area contributed by atoms with Crippen LogP contribution >= 0.6 is 46.4 Å². The summed E-state index contributed by atoms with van der Waals surface area (Å²) in [5, 5.41) is 30.5. The van der Waals surface area contributed by atoms with Gasteiger partial charge < -0.3 is 15.6 Å². The van der Waals surface area contributed by atoms with Crippen molar-refractivity contribution < 1.29 is 24.7 Å². The second kappa shape index (κ2) is 8.64. The third-order valence-corrected chi connectivity index (χ3v) is 8.69. The molecule has 164 valence electrons. The van der Waals surface area contributed by atoms with Crippen molar-refractivity contribution in [1.29, 1.82) is 5.41 Å². The minimum Gasteiger partial charge on any atom is -0.477 e. The summed E-state index contributed by atoms with van der Waals surface area (Å²) in [6.45, 7) is 1.78. The first kappa shape index (κ1) is 21.9. The van der Waals surface area contributed by atoms with Crippen molar-refractivity contribution >= 4 is 64.2 Å². The molecule has 0 bridgehead atoms. The van der Waals surface area contributed by atoms with Crippen LogP contribution in [0.4, 0.5) is 0 Å². The predicted molar refractivity (Wildman–Crippen MR) is 114 cm³/mol. The molecular weight excluding hydrogens is 484 g/mol. The summed E-state index contributed by atoms with van der Waals surface area (Å²) < 4.78 is 5.44. The van der Waals surface area contributed by atoms with E-state index in [-0.39, 0.29) is 22.6 Å². The maximum absolute atomic E-state index is 12.7. The van der Waals surface area contributed by atoms with Crippen molar-refractivity contribution in [2.45, 2.75) is 29.1 Å². The van der Waals surface area contributed by atoms with Gasteiger partial charge in [0.1, 0.15) is 22.9 Å². The zero-order valence-electron chi connectivity index (χ0n) is 15.9. The SMILES string of the molecule is Cc1nsc(SCC2=C(C(=O)O)N3C(=O)C(NC(=O)Cc4csc(=N)n4O)[C@H]3SC2)n1. The van der Waals surface area contributed by atoms with Gasteiger partial charge >= 0.3 is 5.97 Å². The van der Waals surface area contributed by atoms with Crippen molar-refractivity contribution in [3.63, 3.8) is 0 Å². The van der Waals surface area contributed by atoms with E-state index in [1.165, 1.54) is 45.3 Å². The first-order valence-corrected chi connectivity index (χ1v) is 12.5. The van der Waals surface area contributed by atoms with Gasteiger partial charge in [0, 0.05) is 16.9 Å². The van der Waals surface area contributed by atoms with Gasteiger partial charge in [0.05, 0.1) is 12.1 Å². The minimum absolute atomic E-state index is 0.0436. The van der Waals surface area contributed by atoms with Crippen molar-refractivity contribution in [2.24, 2.45) is 0 Å². The third-order valence-electron chi connectivity index (χ3n) is 4.56. The Morgan fingerprint density at radius 2 is 2.23 bits per heavy atom. The Morgan fingerprint density at radius 1 is 1.45 bits per heavy atom. The van der Waals surface area contributed by atoms with Crippen molar-refractivity contribution in [1.82, 2.24) is 24.3 Å². The number of carbonyl (C=O) groups is 3. The Labute approximate surface area is 191 Å². The fraction of sp³-hybridized carbons (Fsp3) is 0.375. The molecule has 0 radical (unpaired) electrons. The number of rotatable bonds is 7. The number of aromatic nitrogens is 3. The summed E-state index contributed by atoms with van der Waals surface area (Å²) in [5.41, 5.74) is 0.815. The molecule has 11 nitrogen and oxygen atoms in total. The molecule has 0 saturated carbocycles. The molecule has 0 spiro atoms. The highest BCUT2D eigenvalue weighted by Gasteiger charge is 2.54. The number of thiazole rings is 1. The van der Waals surface area contributed by atoms with E-state index in [0.717, 1.165) is 15.7 Å². The highest BCUT2D eigenvalue weighted by Crippen LogP contribution is 2.41. The highest BCUT2D eigenvalue weighted by molar-refractivity contribution is 8.01. The van der Waals surface area contributed by atoms with Gasteiger partial charge in [-0.1, -0.05) is 11.8 Å². The molecule has 2 amide bonds. The number of carboxylic acid groups (broad SMARTS) is 1. The molecule has 1 saturated heterocycles. The van der Waals surface area contributed by atoms with Crippen LogP contribution in [0.3, 0.4) is 0 Å². The summed E-state index contributed by atoms with van der Waals surface area (Å²) in [6, 6.07) is -0.840. The van der Waals surface area contributed by atoms with E-state index in [9.17, 15) is 24.7 Å². The number of hydrogen-bond acceptors (Lipinski definition) is 11. The quantitative estimate of drug-likeness (QED) is 0.241. The Balaban J connectivity index is 1.44. The first-order chi connectivity index (χ1) is 14.8. The fourth-order valence-corrected chi connectivity index (χ4v) is 6.92. The molecule has 4 rings (SSSR count). The second-order valence-electron chi connectivity index (χ2n) is 6.63. The smallest absolute Gasteiger partial charge is 0.352 e. The van der Waals surface area contributed by atoms with E-state index in [0.29, 0.717) is 27.6 Å². The molecule has 1 fully saturated rings. The summed E-state index contributed by atoms with van der Waals surface area (Å²) in [7, 11) is 0. The Bertz CT molecular complexity index is 1150. The van der Waals surface area contributed by atoms with E-state index in [1.54, 1.807) is 6.92 Å². The van der Waals surface area contributed by atoms with Crippen LogP contribution < -0.4 is 10.1 Å².